The zero-order valence-electron chi connectivity index (χ0n) is 16.2. The highest BCUT2D eigenvalue weighted by atomic mass is 19.1. The number of carbonyl (C=O) groups is 1. The number of nitro benzene ring substituents is 1. The van der Waals surface area contributed by atoms with Gasteiger partial charge in [0, 0.05) is 36.6 Å². The van der Waals surface area contributed by atoms with Crippen molar-refractivity contribution in [2.45, 2.75) is 13.8 Å². The van der Waals surface area contributed by atoms with Crippen LogP contribution in [0.4, 0.5) is 21.6 Å². The van der Waals surface area contributed by atoms with Crippen LogP contribution in [-0.4, -0.2) is 43.7 Å². The smallest absolute Gasteiger partial charge is 0.306 e. The molecule has 1 aliphatic rings. The van der Waals surface area contributed by atoms with Gasteiger partial charge in [-0.05, 0) is 32.0 Å². The van der Waals surface area contributed by atoms with E-state index in [-0.39, 0.29) is 17.5 Å². The van der Waals surface area contributed by atoms with E-state index >= 15 is 0 Å². The Morgan fingerprint density at radius 2 is 1.93 bits per heavy atom. The van der Waals surface area contributed by atoms with Crippen LogP contribution >= 0.6 is 0 Å². The van der Waals surface area contributed by atoms with Crippen LogP contribution in [0.3, 0.4) is 0 Å². The molecule has 1 amide bonds. The first-order valence-electron chi connectivity index (χ1n) is 9.17. The van der Waals surface area contributed by atoms with Gasteiger partial charge in [-0.3, -0.25) is 14.9 Å². The lowest BCUT2D eigenvalue weighted by atomic mass is 9.99. The number of nitro groups is 1. The number of nitrogens with one attached hydrogen (secondary N) is 1. The number of amides is 1. The molecule has 3 aromatic rings. The monoisotopic (exact) mass is 411 g/mol. The van der Waals surface area contributed by atoms with Crippen LogP contribution in [0.5, 0.6) is 0 Å². The second kappa shape index (κ2) is 7.50. The zero-order valence-corrected chi connectivity index (χ0v) is 16.2. The number of hydrogen-bond donors (Lipinski definition) is 1. The van der Waals surface area contributed by atoms with Crippen molar-refractivity contribution in [1.29, 1.82) is 0 Å². The molecule has 0 unspecified atom stereocenters. The summed E-state index contributed by atoms with van der Waals surface area (Å²) in [5, 5.41) is 17.9. The molecule has 1 aliphatic heterocycles. The van der Waals surface area contributed by atoms with Crippen molar-refractivity contribution in [3.8, 4) is 5.82 Å². The highest BCUT2D eigenvalue weighted by molar-refractivity contribution is 5.94. The van der Waals surface area contributed by atoms with Gasteiger partial charge in [-0.1, -0.05) is 0 Å². The van der Waals surface area contributed by atoms with Gasteiger partial charge in [0.1, 0.15) is 12.1 Å². The SMILES string of the molecule is Cc1cc(C)n(-c2cc(N3CC(C(=O)Nc4ccc(F)c([N+](=O)[O-])c4)C3)ncn2)n1. The third kappa shape index (κ3) is 3.69. The standard InChI is InChI=1S/C19H18FN7O3/c1-11-5-12(2)26(24-11)18-7-17(21-10-22-18)25-8-13(9-25)19(28)23-14-3-4-15(20)16(6-14)27(29)30/h3-7,10,13H,8-9H2,1-2H3,(H,23,28). The minimum atomic E-state index is -0.949. The van der Waals surface area contributed by atoms with Crippen LogP contribution in [0.25, 0.3) is 5.82 Å². The van der Waals surface area contributed by atoms with E-state index in [4.69, 9.17) is 0 Å². The van der Waals surface area contributed by atoms with Crippen molar-refractivity contribution >= 4 is 23.1 Å². The molecule has 3 heterocycles. The number of nitrogens with zero attached hydrogens (tertiary/aromatic N) is 6. The molecule has 30 heavy (non-hydrogen) atoms. The van der Waals surface area contributed by atoms with Crippen molar-refractivity contribution in [3.63, 3.8) is 0 Å². The quantitative estimate of drug-likeness (QED) is 0.506. The largest absolute Gasteiger partial charge is 0.355 e. The lowest BCUT2D eigenvalue weighted by Gasteiger charge is -2.39. The summed E-state index contributed by atoms with van der Waals surface area (Å²) >= 11 is 0. The van der Waals surface area contributed by atoms with Crippen LogP contribution in [0.2, 0.25) is 0 Å². The number of rotatable bonds is 5. The molecule has 0 saturated carbocycles. The predicted molar refractivity (Wildman–Crippen MR) is 106 cm³/mol. The Balaban J connectivity index is 1.41. The minimum absolute atomic E-state index is 0.181. The molecule has 0 atom stereocenters. The van der Waals surface area contributed by atoms with Crippen LogP contribution in [0.1, 0.15) is 11.4 Å². The summed E-state index contributed by atoms with van der Waals surface area (Å²) in [6.45, 7) is 4.71. The fourth-order valence-electron chi connectivity index (χ4n) is 3.29. The van der Waals surface area contributed by atoms with Gasteiger partial charge in [0.25, 0.3) is 0 Å². The van der Waals surface area contributed by atoms with E-state index in [9.17, 15) is 19.3 Å². The average molecular weight is 411 g/mol. The Morgan fingerprint density at radius 3 is 2.60 bits per heavy atom. The van der Waals surface area contributed by atoms with E-state index in [2.05, 4.69) is 20.4 Å². The molecule has 1 fully saturated rings. The van der Waals surface area contributed by atoms with E-state index in [0.29, 0.717) is 24.7 Å². The second-order valence-electron chi connectivity index (χ2n) is 7.09. The Morgan fingerprint density at radius 1 is 1.20 bits per heavy atom. The summed E-state index contributed by atoms with van der Waals surface area (Å²) in [4.78, 5) is 32.9. The number of carbonyl (C=O) groups excluding carboxylic acids is 1. The molecule has 0 aliphatic carbocycles. The Bertz CT molecular complexity index is 1140. The molecule has 154 valence electrons. The number of aryl methyl sites for hydroxylation is 2. The Labute approximate surface area is 170 Å². The van der Waals surface area contributed by atoms with Crippen molar-refractivity contribution in [1.82, 2.24) is 19.7 Å². The molecule has 10 nitrogen and oxygen atoms in total. The first-order chi connectivity index (χ1) is 14.3. The molecular weight excluding hydrogens is 393 g/mol. The average Bonchev–Trinajstić information content (AvgIpc) is 3.00. The maximum atomic E-state index is 13.4. The van der Waals surface area contributed by atoms with Crippen LogP contribution < -0.4 is 10.2 Å². The molecule has 0 spiro atoms. The van der Waals surface area contributed by atoms with Crippen LogP contribution in [0.15, 0.2) is 36.7 Å². The Kier molecular flexibility index (Phi) is 4.86. The Hall–Kier alpha value is -3.89. The third-order valence-corrected chi connectivity index (χ3v) is 4.85. The summed E-state index contributed by atoms with van der Waals surface area (Å²) in [7, 11) is 0. The molecular formula is C19H18FN7O3. The third-order valence-electron chi connectivity index (χ3n) is 4.85. The summed E-state index contributed by atoms with van der Waals surface area (Å²) < 4.78 is 15.2. The fraction of sp³-hybridized carbons (Fsp3) is 0.263. The maximum absolute atomic E-state index is 13.4. The van der Waals surface area contributed by atoms with Gasteiger partial charge in [0.2, 0.25) is 11.7 Å². The number of aromatic nitrogens is 4. The zero-order chi connectivity index (χ0) is 21.4. The number of hydrogen-bond acceptors (Lipinski definition) is 7. The van der Waals surface area contributed by atoms with Gasteiger partial charge in [-0.2, -0.15) is 9.49 Å². The topological polar surface area (TPSA) is 119 Å². The molecule has 1 saturated heterocycles. The second-order valence-corrected chi connectivity index (χ2v) is 7.09. The number of benzene rings is 1. The van der Waals surface area contributed by atoms with Gasteiger partial charge in [0.15, 0.2) is 5.82 Å². The molecule has 1 N–H and O–H groups in total. The summed E-state index contributed by atoms with van der Waals surface area (Å²) in [5.74, 6) is -0.248. The van der Waals surface area contributed by atoms with Crippen molar-refractivity contribution in [2.75, 3.05) is 23.3 Å². The first kappa shape index (κ1) is 19.4. The number of anilines is 2. The van der Waals surface area contributed by atoms with Crippen molar-refractivity contribution in [3.05, 3.63) is 64.0 Å². The van der Waals surface area contributed by atoms with Crippen LogP contribution in [0, 0.1) is 35.7 Å². The fourth-order valence-corrected chi connectivity index (χ4v) is 3.29. The molecule has 0 radical (unpaired) electrons. The van der Waals surface area contributed by atoms with E-state index in [0.717, 1.165) is 23.5 Å². The normalized spacial score (nSPS) is 13.8. The molecule has 4 rings (SSSR count). The highest BCUT2D eigenvalue weighted by Gasteiger charge is 2.34. The lowest BCUT2D eigenvalue weighted by Crippen LogP contribution is -2.52. The van der Waals surface area contributed by atoms with E-state index in [1.807, 2.05) is 24.8 Å². The predicted octanol–water partition coefficient (Wildman–Crippen LogP) is 2.40. The van der Waals surface area contributed by atoms with Gasteiger partial charge >= 0.3 is 5.69 Å². The molecule has 0 bridgehead atoms. The summed E-state index contributed by atoms with van der Waals surface area (Å²) in [6, 6.07) is 7.02. The molecule has 11 heteroatoms. The van der Waals surface area contributed by atoms with Crippen molar-refractivity contribution in [2.24, 2.45) is 5.92 Å². The van der Waals surface area contributed by atoms with Crippen LogP contribution in [-0.2, 0) is 4.79 Å². The lowest BCUT2D eigenvalue weighted by molar-refractivity contribution is -0.387. The van der Waals surface area contributed by atoms with E-state index in [1.165, 1.54) is 12.4 Å². The van der Waals surface area contributed by atoms with Gasteiger partial charge < -0.3 is 10.2 Å². The maximum Gasteiger partial charge on any atom is 0.306 e. The first-order valence-corrected chi connectivity index (χ1v) is 9.17. The minimum Gasteiger partial charge on any atom is -0.355 e. The van der Waals surface area contributed by atoms with E-state index < -0.39 is 16.4 Å². The van der Waals surface area contributed by atoms with Gasteiger partial charge in [-0.25, -0.2) is 14.6 Å². The van der Waals surface area contributed by atoms with Crippen molar-refractivity contribution < 1.29 is 14.1 Å². The molecule has 2 aromatic heterocycles. The van der Waals surface area contributed by atoms with Gasteiger partial charge in [-0.15, -0.1) is 0 Å². The van der Waals surface area contributed by atoms with E-state index in [1.54, 1.807) is 10.7 Å². The highest BCUT2D eigenvalue weighted by Crippen LogP contribution is 2.26. The summed E-state index contributed by atoms with van der Waals surface area (Å²) in [6.07, 6.45) is 1.45. The van der Waals surface area contributed by atoms with Gasteiger partial charge in [0.05, 0.1) is 16.5 Å². The summed E-state index contributed by atoms with van der Waals surface area (Å²) in [5.41, 5.74) is 1.34. The molecule has 1 aromatic carbocycles. The number of halogens is 1.